The van der Waals surface area contributed by atoms with Crippen LogP contribution in [-0.4, -0.2) is 35.3 Å². The van der Waals surface area contributed by atoms with Crippen molar-refractivity contribution in [2.75, 3.05) is 18.1 Å². The highest BCUT2D eigenvalue weighted by Gasteiger charge is 2.26. The molecule has 0 saturated carbocycles. The SMILES string of the molecule is CC1CN(c2ccc([N+](=O)[O-])cc2CO)C(C)CO1. The van der Waals surface area contributed by atoms with E-state index in [1.165, 1.54) is 12.1 Å². The van der Waals surface area contributed by atoms with Crippen LogP contribution < -0.4 is 4.90 Å². The Kier molecular flexibility index (Phi) is 4.01. The zero-order chi connectivity index (χ0) is 14.0. The van der Waals surface area contributed by atoms with E-state index in [9.17, 15) is 15.2 Å². The number of hydrogen-bond donors (Lipinski definition) is 1. The van der Waals surface area contributed by atoms with Gasteiger partial charge in [-0.15, -0.1) is 0 Å². The highest BCUT2D eigenvalue weighted by molar-refractivity contribution is 5.58. The van der Waals surface area contributed by atoms with E-state index in [-0.39, 0.29) is 24.4 Å². The Bertz CT molecular complexity index is 478. The largest absolute Gasteiger partial charge is 0.392 e. The predicted molar refractivity (Wildman–Crippen MR) is 71.2 cm³/mol. The van der Waals surface area contributed by atoms with Crippen molar-refractivity contribution in [3.63, 3.8) is 0 Å². The molecule has 6 nitrogen and oxygen atoms in total. The average molecular weight is 266 g/mol. The van der Waals surface area contributed by atoms with E-state index in [0.29, 0.717) is 18.7 Å². The highest BCUT2D eigenvalue weighted by atomic mass is 16.6. The van der Waals surface area contributed by atoms with Gasteiger partial charge >= 0.3 is 0 Å². The number of nitro groups is 1. The lowest BCUT2D eigenvalue weighted by molar-refractivity contribution is -0.384. The van der Waals surface area contributed by atoms with Crippen molar-refractivity contribution in [1.82, 2.24) is 0 Å². The summed E-state index contributed by atoms with van der Waals surface area (Å²) in [6.45, 7) is 5.14. The Morgan fingerprint density at radius 2 is 2.26 bits per heavy atom. The quantitative estimate of drug-likeness (QED) is 0.665. The fourth-order valence-electron chi connectivity index (χ4n) is 2.33. The van der Waals surface area contributed by atoms with Gasteiger partial charge in [-0.2, -0.15) is 0 Å². The Hall–Kier alpha value is -1.66. The smallest absolute Gasteiger partial charge is 0.269 e. The van der Waals surface area contributed by atoms with Crippen molar-refractivity contribution in [3.8, 4) is 0 Å². The summed E-state index contributed by atoms with van der Waals surface area (Å²) in [4.78, 5) is 12.4. The van der Waals surface area contributed by atoms with Crippen LogP contribution in [-0.2, 0) is 11.3 Å². The van der Waals surface area contributed by atoms with Crippen LogP contribution in [0, 0.1) is 10.1 Å². The van der Waals surface area contributed by atoms with Gasteiger partial charge in [0.1, 0.15) is 0 Å². The number of anilines is 1. The van der Waals surface area contributed by atoms with Gasteiger partial charge in [0.2, 0.25) is 0 Å². The Morgan fingerprint density at radius 1 is 1.53 bits per heavy atom. The van der Waals surface area contributed by atoms with E-state index < -0.39 is 4.92 Å². The maximum atomic E-state index is 10.8. The van der Waals surface area contributed by atoms with E-state index in [1.54, 1.807) is 6.07 Å². The van der Waals surface area contributed by atoms with Crippen molar-refractivity contribution in [2.24, 2.45) is 0 Å². The zero-order valence-corrected chi connectivity index (χ0v) is 11.1. The first-order valence-corrected chi connectivity index (χ1v) is 6.29. The topological polar surface area (TPSA) is 75.8 Å². The van der Waals surface area contributed by atoms with Crippen molar-refractivity contribution >= 4 is 11.4 Å². The van der Waals surface area contributed by atoms with E-state index in [2.05, 4.69) is 4.90 Å². The molecule has 1 saturated heterocycles. The summed E-state index contributed by atoms with van der Waals surface area (Å²) in [6, 6.07) is 4.80. The van der Waals surface area contributed by atoms with Crippen molar-refractivity contribution in [1.29, 1.82) is 0 Å². The number of rotatable bonds is 3. The number of aliphatic hydroxyl groups excluding tert-OH is 1. The van der Waals surface area contributed by atoms with Gasteiger partial charge in [0.25, 0.3) is 5.69 Å². The summed E-state index contributed by atoms with van der Waals surface area (Å²) in [5, 5.41) is 20.2. The first-order valence-electron chi connectivity index (χ1n) is 6.29. The molecule has 104 valence electrons. The summed E-state index contributed by atoms with van der Waals surface area (Å²) < 4.78 is 5.56. The van der Waals surface area contributed by atoms with Crippen LogP contribution in [0.1, 0.15) is 19.4 Å². The van der Waals surface area contributed by atoms with Crippen LogP contribution in [0.25, 0.3) is 0 Å². The summed E-state index contributed by atoms with van der Waals surface area (Å²) in [7, 11) is 0. The standard InChI is InChI=1S/C13H18N2O4/c1-9-8-19-10(2)6-14(9)13-4-3-12(15(17)18)5-11(13)7-16/h3-5,9-10,16H,6-8H2,1-2H3. The molecule has 1 aromatic rings. The molecule has 2 atom stereocenters. The molecule has 0 aliphatic carbocycles. The monoisotopic (exact) mass is 266 g/mol. The molecule has 1 aromatic carbocycles. The zero-order valence-electron chi connectivity index (χ0n) is 11.1. The minimum absolute atomic E-state index is 0.00163. The summed E-state index contributed by atoms with van der Waals surface area (Å²) in [5.74, 6) is 0. The molecule has 0 aromatic heterocycles. The second-order valence-electron chi connectivity index (χ2n) is 4.87. The number of benzene rings is 1. The van der Waals surface area contributed by atoms with E-state index in [0.717, 1.165) is 5.69 Å². The molecule has 6 heteroatoms. The van der Waals surface area contributed by atoms with Gasteiger partial charge in [-0.1, -0.05) is 0 Å². The predicted octanol–water partition coefficient (Wildman–Crippen LogP) is 1.70. The van der Waals surface area contributed by atoms with Gasteiger partial charge in [-0.05, 0) is 19.9 Å². The van der Waals surface area contributed by atoms with Gasteiger partial charge in [-0.25, -0.2) is 0 Å². The molecule has 1 fully saturated rings. The lowest BCUT2D eigenvalue weighted by atomic mass is 10.1. The molecule has 1 aliphatic heterocycles. The first kappa shape index (κ1) is 13.8. The van der Waals surface area contributed by atoms with Gasteiger partial charge in [0.15, 0.2) is 0 Å². The average Bonchev–Trinajstić information content (AvgIpc) is 2.40. The minimum Gasteiger partial charge on any atom is -0.392 e. The molecule has 0 amide bonds. The first-order chi connectivity index (χ1) is 9.02. The van der Waals surface area contributed by atoms with Crippen LogP contribution >= 0.6 is 0 Å². The fraction of sp³-hybridized carbons (Fsp3) is 0.538. The maximum absolute atomic E-state index is 10.8. The molecule has 1 aliphatic rings. The Labute approximate surface area is 111 Å². The third-order valence-corrected chi connectivity index (χ3v) is 3.36. The molecule has 1 N–H and O–H groups in total. The summed E-state index contributed by atoms with van der Waals surface area (Å²) in [6.07, 6.45) is 0.109. The minimum atomic E-state index is -0.450. The van der Waals surface area contributed by atoms with E-state index >= 15 is 0 Å². The molecule has 2 unspecified atom stereocenters. The van der Waals surface area contributed by atoms with Crippen LogP contribution in [0.4, 0.5) is 11.4 Å². The number of nitro benzene ring substituents is 1. The number of ether oxygens (including phenoxy) is 1. The molecular formula is C13H18N2O4. The number of aliphatic hydroxyl groups is 1. The number of hydrogen-bond acceptors (Lipinski definition) is 5. The Morgan fingerprint density at radius 3 is 2.89 bits per heavy atom. The molecule has 2 rings (SSSR count). The van der Waals surface area contributed by atoms with E-state index in [1.807, 2.05) is 13.8 Å². The summed E-state index contributed by atoms with van der Waals surface area (Å²) in [5.41, 5.74) is 1.42. The second kappa shape index (κ2) is 5.54. The lowest BCUT2D eigenvalue weighted by Gasteiger charge is -2.39. The van der Waals surface area contributed by atoms with Crippen molar-refractivity contribution < 1.29 is 14.8 Å². The number of non-ortho nitro benzene ring substituents is 1. The molecule has 0 bridgehead atoms. The van der Waals surface area contributed by atoms with E-state index in [4.69, 9.17) is 4.74 Å². The third kappa shape index (κ3) is 2.85. The molecule has 19 heavy (non-hydrogen) atoms. The highest BCUT2D eigenvalue weighted by Crippen LogP contribution is 2.29. The van der Waals surface area contributed by atoms with Crippen molar-refractivity contribution in [3.05, 3.63) is 33.9 Å². The number of morpholine rings is 1. The van der Waals surface area contributed by atoms with Crippen LogP contribution in [0.3, 0.4) is 0 Å². The van der Waals surface area contributed by atoms with Gasteiger partial charge < -0.3 is 14.7 Å². The third-order valence-electron chi connectivity index (χ3n) is 3.36. The van der Waals surface area contributed by atoms with Gasteiger partial charge in [0, 0.05) is 36.0 Å². The molecule has 0 radical (unpaired) electrons. The lowest BCUT2D eigenvalue weighted by Crippen LogP contribution is -2.47. The van der Waals surface area contributed by atoms with Gasteiger partial charge in [-0.3, -0.25) is 10.1 Å². The Balaban J connectivity index is 2.35. The van der Waals surface area contributed by atoms with Crippen LogP contribution in [0.15, 0.2) is 18.2 Å². The summed E-state index contributed by atoms with van der Waals surface area (Å²) >= 11 is 0. The van der Waals surface area contributed by atoms with Crippen LogP contribution in [0.2, 0.25) is 0 Å². The molecule has 0 spiro atoms. The molecule has 1 heterocycles. The number of nitrogens with zero attached hydrogens (tertiary/aromatic N) is 2. The van der Waals surface area contributed by atoms with Crippen LogP contribution in [0.5, 0.6) is 0 Å². The van der Waals surface area contributed by atoms with Crippen molar-refractivity contribution in [2.45, 2.75) is 32.6 Å². The second-order valence-corrected chi connectivity index (χ2v) is 4.87. The fourth-order valence-corrected chi connectivity index (χ4v) is 2.33. The molecular weight excluding hydrogens is 248 g/mol. The normalized spacial score (nSPS) is 23.4. The van der Waals surface area contributed by atoms with Gasteiger partial charge in [0.05, 0.1) is 24.2 Å². The maximum Gasteiger partial charge on any atom is 0.269 e.